The smallest absolute Gasteiger partial charge is 0.0589 e. The number of anilines is 1. The van der Waals surface area contributed by atoms with Gasteiger partial charge in [0.25, 0.3) is 0 Å². The van der Waals surface area contributed by atoms with Gasteiger partial charge in [-0.05, 0) is 43.0 Å². The van der Waals surface area contributed by atoms with Crippen LogP contribution in [0.3, 0.4) is 0 Å². The summed E-state index contributed by atoms with van der Waals surface area (Å²) in [4.78, 5) is 2.49. The lowest BCUT2D eigenvalue weighted by molar-refractivity contribution is 0.139. The van der Waals surface area contributed by atoms with Crippen LogP contribution in [-0.2, 0) is 11.2 Å². The molecule has 0 unspecified atom stereocenters. The average Bonchev–Trinajstić information content (AvgIpc) is 2.37. The molecule has 19 heavy (non-hydrogen) atoms. The van der Waals surface area contributed by atoms with Crippen molar-refractivity contribution in [3.05, 3.63) is 29.8 Å². The van der Waals surface area contributed by atoms with Crippen LogP contribution in [0.1, 0.15) is 25.8 Å². The number of methoxy groups -OCH3 is 1. The van der Waals surface area contributed by atoms with Gasteiger partial charge in [-0.2, -0.15) is 0 Å². The quantitative estimate of drug-likeness (QED) is 0.697. The molecule has 1 rings (SSSR count). The number of aryl methyl sites for hydroxylation is 1. The minimum Gasteiger partial charge on any atom is -0.399 e. The molecule has 2 N–H and O–H groups in total. The van der Waals surface area contributed by atoms with Crippen molar-refractivity contribution in [1.82, 2.24) is 4.90 Å². The molecule has 3 nitrogen and oxygen atoms in total. The van der Waals surface area contributed by atoms with Crippen LogP contribution in [0.15, 0.2) is 24.3 Å². The Morgan fingerprint density at radius 3 is 2.42 bits per heavy atom. The highest BCUT2D eigenvalue weighted by Gasteiger charge is 2.06. The van der Waals surface area contributed by atoms with Gasteiger partial charge in [-0.1, -0.05) is 26.0 Å². The summed E-state index contributed by atoms with van der Waals surface area (Å²) in [6.45, 7) is 8.64. The van der Waals surface area contributed by atoms with Crippen LogP contribution >= 0.6 is 0 Å². The van der Waals surface area contributed by atoms with E-state index in [0.29, 0.717) is 5.92 Å². The summed E-state index contributed by atoms with van der Waals surface area (Å²) in [5, 5.41) is 0. The maximum atomic E-state index is 5.69. The first-order valence-electron chi connectivity index (χ1n) is 7.17. The van der Waals surface area contributed by atoms with E-state index in [1.807, 2.05) is 12.1 Å². The van der Waals surface area contributed by atoms with E-state index < -0.39 is 0 Å². The molecular weight excluding hydrogens is 236 g/mol. The standard InChI is InChI=1S/C16H28N2O/c1-14(2)13-18(11-12-19-3)10-4-5-15-6-8-16(17)9-7-15/h6-9,14H,4-5,10-13,17H2,1-3H3. The zero-order valence-corrected chi connectivity index (χ0v) is 12.6. The van der Waals surface area contributed by atoms with Crippen molar-refractivity contribution in [1.29, 1.82) is 0 Å². The summed E-state index contributed by atoms with van der Waals surface area (Å²) < 4.78 is 5.18. The summed E-state index contributed by atoms with van der Waals surface area (Å²) in [7, 11) is 1.77. The molecule has 0 fully saturated rings. The van der Waals surface area contributed by atoms with Gasteiger partial charge in [0.1, 0.15) is 0 Å². The summed E-state index contributed by atoms with van der Waals surface area (Å²) in [6.07, 6.45) is 2.29. The summed E-state index contributed by atoms with van der Waals surface area (Å²) in [6, 6.07) is 8.20. The predicted octanol–water partition coefficient (Wildman–Crippen LogP) is 2.81. The third-order valence-corrected chi connectivity index (χ3v) is 3.15. The Kier molecular flexibility index (Phi) is 7.53. The van der Waals surface area contributed by atoms with Crippen molar-refractivity contribution < 1.29 is 4.74 Å². The molecule has 0 aliphatic heterocycles. The van der Waals surface area contributed by atoms with E-state index in [1.54, 1.807) is 7.11 Å². The second kappa shape index (κ2) is 8.94. The molecule has 0 saturated heterocycles. The van der Waals surface area contributed by atoms with Gasteiger partial charge < -0.3 is 15.4 Å². The topological polar surface area (TPSA) is 38.5 Å². The Morgan fingerprint density at radius 2 is 1.84 bits per heavy atom. The Labute approximate surface area is 117 Å². The molecule has 3 heteroatoms. The first-order chi connectivity index (χ1) is 9.11. The van der Waals surface area contributed by atoms with Gasteiger partial charge in [-0.3, -0.25) is 0 Å². The van der Waals surface area contributed by atoms with E-state index in [1.165, 1.54) is 12.0 Å². The van der Waals surface area contributed by atoms with Crippen LogP contribution < -0.4 is 5.73 Å². The number of ether oxygens (including phenoxy) is 1. The molecule has 108 valence electrons. The zero-order valence-electron chi connectivity index (χ0n) is 12.6. The molecular formula is C16H28N2O. The lowest BCUT2D eigenvalue weighted by atomic mass is 10.1. The van der Waals surface area contributed by atoms with Crippen molar-refractivity contribution in [2.75, 3.05) is 39.1 Å². The number of rotatable bonds is 9. The van der Waals surface area contributed by atoms with Crippen molar-refractivity contribution >= 4 is 5.69 Å². The summed E-state index contributed by atoms with van der Waals surface area (Å²) in [5.74, 6) is 0.702. The molecule has 0 bridgehead atoms. The number of nitrogens with zero attached hydrogens (tertiary/aromatic N) is 1. The van der Waals surface area contributed by atoms with Crippen LogP contribution in [0.25, 0.3) is 0 Å². The fourth-order valence-electron chi connectivity index (χ4n) is 2.22. The molecule has 0 saturated carbocycles. The van der Waals surface area contributed by atoms with E-state index in [0.717, 1.165) is 38.3 Å². The largest absolute Gasteiger partial charge is 0.399 e. The van der Waals surface area contributed by atoms with Gasteiger partial charge in [-0.15, -0.1) is 0 Å². The molecule has 0 aliphatic rings. The van der Waals surface area contributed by atoms with E-state index in [9.17, 15) is 0 Å². The Morgan fingerprint density at radius 1 is 1.16 bits per heavy atom. The van der Waals surface area contributed by atoms with Gasteiger partial charge in [0.15, 0.2) is 0 Å². The number of benzene rings is 1. The van der Waals surface area contributed by atoms with E-state index in [2.05, 4.69) is 30.9 Å². The first kappa shape index (κ1) is 16.0. The Balaban J connectivity index is 2.32. The fraction of sp³-hybridized carbons (Fsp3) is 0.625. The maximum Gasteiger partial charge on any atom is 0.0589 e. The SMILES string of the molecule is COCCN(CCCc1ccc(N)cc1)CC(C)C. The molecule has 0 aliphatic carbocycles. The van der Waals surface area contributed by atoms with Gasteiger partial charge >= 0.3 is 0 Å². The van der Waals surface area contributed by atoms with E-state index >= 15 is 0 Å². The molecule has 1 aromatic rings. The van der Waals surface area contributed by atoms with Gasteiger partial charge in [-0.25, -0.2) is 0 Å². The zero-order chi connectivity index (χ0) is 14.1. The van der Waals surface area contributed by atoms with Crippen LogP contribution in [0.4, 0.5) is 5.69 Å². The van der Waals surface area contributed by atoms with E-state index in [4.69, 9.17) is 10.5 Å². The minimum absolute atomic E-state index is 0.702. The highest BCUT2D eigenvalue weighted by Crippen LogP contribution is 2.09. The van der Waals surface area contributed by atoms with Crippen LogP contribution in [0.5, 0.6) is 0 Å². The molecule has 0 spiro atoms. The Hall–Kier alpha value is -1.06. The van der Waals surface area contributed by atoms with Crippen LogP contribution in [0, 0.1) is 5.92 Å². The first-order valence-corrected chi connectivity index (χ1v) is 7.17. The van der Waals surface area contributed by atoms with Crippen LogP contribution in [0.2, 0.25) is 0 Å². The Bertz CT molecular complexity index is 335. The highest BCUT2D eigenvalue weighted by molar-refractivity contribution is 5.39. The van der Waals surface area contributed by atoms with Gasteiger partial charge in [0.2, 0.25) is 0 Å². The highest BCUT2D eigenvalue weighted by atomic mass is 16.5. The maximum absolute atomic E-state index is 5.69. The summed E-state index contributed by atoms with van der Waals surface area (Å²) >= 11 is 0. The van der Waals surface area contributed by atoms with Crippen LogP contribution in [-0.4, -0.2) is 38.3 Å². The monoisotopic (exact) mass is 264 g/mol. The number of hydrogen-bond acceptors (Lipinski definition) is 3. The molecule has 0 radical (unpaired) electrons. The lowest BCUT2D eigenvalue weighted by Crippen LogP contribution is -2.32. The minimum atomic E-state index is 0.702. The third-order valence-electron chi connectivity index (χ3n) is 3.15. The van der Waals surface area contributed by atoms with Crippen molar-refractivity contribution in [2.24, 2.45) is 5.92 Å². The molecule has 0 amide bonds. The molecule has 0 heterocycles. The van der Waals surface area contributed by atoms with Crippen molar-refractivity contribution in [3.8, 4) is 0 Å². The second-order valence-electron chi connectivity index (χ2n) is 5.53. The molecule has 1 aromatic carbocycles. The predicted molar refractivity (Wildman–Crippen MR) is 82.3 cm³/mol. The number of hydrogen-bond donors (Lipinski definition) is 1. The third kappa shape index (κ3) is 7.19. The van der Waals surface area contributed by atoms with E-state index in [-0.39, 0.29) is 0 Å². The normalized spacial score (nSPS) is 11.4. The summed E-state index contributed by atoms with van der Waals surface area (Å²) in [5.41, 5.74) is 7.90. The lowest BCUT2D eigenvalue weighted by Gasteiger charge is -2.23. The number of nitrogens with two attached hydrogens (primary N) is 1. The molecule has 0 aromatic heterocycles. The van der Waals surface area contributed by atoms with Gasteiger partial charge in [0.05, 0.1) is 6.61 Å². The average molecular weight is 264 g/mol. The van der Waals surface area contributed by atoms with Crippen molar-refractivity contribution in [3.63, 3.8) is 0 Å². The van der Waals surface area contributed by atoms with Gasteiger partial charge in [0, 0.05) is 25.9 Å². The molecule has 0 atom stereocenters. The van der Waals surface area contributed by atoms with Crippen molar-refractivity contribution in [2.45, 2.75) is 26.7 Å². The second-order valence-corrected chi connectivity index (χ2v) is 5.53. The fourth-order valence-corrected chi connectivity index (χ4v) is 2.22. The number of nitrogen functional groups attached to an aromatic ring is 1.